The van der Waals surface area contributed by atoms with Crippen LogP contribution in [0.15, 0.2) is 66.7 Å². The first-order chi connectivity index (χ1) is 17.8. The highest BCUT2D eigenvalue weighted by molar-refractivity contribution is 7.88. The number of piperidine rings is 1. The number of sulfonamides is 1. The molecule has 1 saturated heterocycles. The smallest absolute Gasteiger partial charge is 0.211 e. The number of nitrogens with zero attached hydrogens (tertiary/aromatic N) is 3. The summed E-state index contributed by atoms with van der Waals surface area (Å²) in [4.78, 5) is 5.08. The van der Waals surface area contributed by atoms with Crippen molar-refractivity contribution in [2.24, 2.45) is 0 Å². The van der Waals surface area contributed by atoms with E-state index in [1.165, 1.54) is 11.8 Å². The van der Waals surface area contributed by atoms with E-state index >= 15 is 0 Å². The molecule has 2 heterocycles. The van der Waals surface area contributed by atoms with Crippen LogP contribution in [0.2, 0.25) is 10.0 Å². The molecule has 0 amide bonds. The van der Waals surface area contributed by atoms with Crippen molar-refractivity contribution in [2.75, 3.05) is 19.3 Å². The molecule has 0 atom stereocenters. The van der Waals surface area contributed by atoms with Gasteiger partial charge in [-0.1, -0.05) is 53.5 Å². The minimum Gasteiger partial charge on any atom is -0.325 e. The molecular weight excluding hydrogens is 525 g/mol. The number of aromatic nitrogens is 2. The highest BCUT2D eigenvalue weighted by Crippen LogP contribution is 2.44. The molecule has 5 nitrogen and oxygen atoms in total. The number of hydrogen-bond acceptors (Lipinski definition) is 3. The molecule has 6 rings (SSSR count). The minimum absolute atomic E-state index is 0.0127. The van der Waals surface area contributed by atoms with Crippen LogP contribution in [0.25, 0.3) is 11.0 Å². The summed E-state index contributed by atoms with van der Waals surface area (Å²) in [5, 5.41) is 1.42. The van der Waals surface area contributed by atoms with E-state index in [4.69, 9.17) is 28.2 Å². The molecule has 0 spiro atoms. The van der Waals surface area contributed by atoms with Crippen molar-refractivity contribution in [3.05, 3.63) is 99.3 Å². The Morgan fingerprint density at radius 1 is 0.811 bits per heavy atom. The van der Waals surface area contributed by atoms with Crippen molar-refractivity contribution < 1.29 is 8.42 Å². The monoisotopic (exact) mass is 553 g/mol. The van der Waals surface area contributed by atoms with Gasteiger partial charge in [0.2, 0.25) is 10.0 Å². The first kappa shape index (κ1) is 24.9. The van der Waals surface area contributed by atoms with Gasteiger partial charge in [-0.05, 0) is 78.8 Å². The molecule has 1 aliphatic heterocycles. The standard InChI is InChI=1S/C29H29Cl2N3O2S/c1-37(35,36)33-16-14-25(15-17-33)34-27-18-22(8-13-26(27)32-29(34)21-2-3-21)28(19-4-9-23(30)10-5-19)20-6-11-24(31)12-7-20/h4-13,18,21,25,28H,2-3,14-17H2,1H3. The summed E-state index contributed by atoms with van der Waals surface area (Å²) < 4.78 is 28.2. The van der Waals surface area contributed by atoms with E-state index in [0.29, 0.717) is 29.1 Å². The number of halogens is 2. The van der Waals surface area contributed by atoms with Crippen molar-refractivity contribution in [1.29, 1.82) is 0 Å². The van der Waals surface area contributed by atoms with E-state index in [1.54, 1.807) is 4.31 Å². The highest BCUT2D eigenvalue weighted by atomic mass is 35.5. The Hall–Kier alpha value is -2.38. The summed E-state index contributed by atoms with van der Waals surface area (Å²) in [5.74, 6) is 1.66. The zero-order chi connectivity index (χ0) is 25.7. The first-order valence-electron chi connectivity index (χ1n) is 12.8. The first-order valence-corrected chi connectivity index (χ1v) is 15.4. The predicted molar refractivity (Wildman–Crippen MR) is 150 cm³/mol. The van der Waals surface area contributed by atoms with Crippen molar-refractivity contribution in [2.45, 2.75) is 43.6 Å². The fraction of sp³-hybridized carbons (Fsp3) is 0.345. The third kappa shape index (κ3) is 5.05. The van der Waals surface area contributed by atoms with E-state index < -0.39 is 10.0 Å². The van der Waals surface area contributed by atoms with Crippen molar-refractivity contribution in [3.63, 3.8) is 0 Å². The second kappa shape index (κ2) is 9.73. The van der Waals surface area contributed by atoms with Gasteiger partial charge in [0.1, 0.15) is 5.82 Å². The summed E-state index contributed by atoms with van der Waals surface area (Å²) in [6, 6.07) is 22.9. The molecule has 0 radical (unpaired) electrons. The maximum absolute atomic E-state index is 12.1. The van der Waals surface area contributed by atoms with E-state index in [9.17, 15) is 8.42 Å². The molecule has 3 aromatic carbocycles. The number of imidazole rings is 1. The molecule has 8 heteroatoms. The van der Waals surface area contributed by atoms with Gasteiger partial charge in [-0.3, -0.25) is 0 Å². The van der Waals surface area contributed by atoms with Crippen LogP contribution in [-0.2, 0) is 10.0 Å². The second-order valence-electron chi connectivity index (χ2n) is 10.3. The van der Waals surface area contributed by atoms with Crippen LogP contribution in [0.4, 0.5) is 0 Å². The summed E-state index contributed by atoms with van der Waals surface area (Å²) in [5.41, 5.74) is 5.61. The van der Waals surface area contributed by atoms with Gasteiger partial charge in [-0.15, -0.1) is 0 Å². The second-order valence-corrected chi connectivity index (χ2v) is 13.1. The maximum Gasteiger partial charge on any atom is 0.211 e. The number of fused-ring (bicyclic) bond motifs is 1. The Morgan fingerprint density at radius 3 is 1.86 bits per heavy atom. The van der Waals surface area contributed by atoms with Crippen molar-refractivity contribution >= 4 is 44.3 Å². The molecule has 2 fully saturated rings. The van der Waals surface area contributed by atoms with Crippen molar-refractivity contribution in [3.8, 4) is 0 Å². The summed E-state index contributed by atoms with van der Waals surface area (Å²) in [6.45, 7) is 1.09. The van der Waals surface area contributed by atoms with Crippen molar-refractivity contribution in [1.82, 2.24) is 13.9 Å². The summed E-state index contributed by atoms with van der Waals surface area (Å²) >= 11 is 12.4. The van der Waals surface area contributed by atoms with E-state index in [1.807, 2.05) is 24.3 Å². The van der Waals surface area contributed by atoms with Gasteiger partial charge in [-0.2, -0.15) is 0 Å². The van der Waals surface area contributed by atoms with Gasteiger partial charge < -0.3 is 4.57 Å². The van der Waals surface area contributed by atoms with Crippen LogP contribution in [0, 0.1) is 0 Å². The van der Waals surface area contributed by atoms with Crippen LogP contribution in [-0.4, -0.2) is 41.6 Å². The predicted octanol–water partition coefficient (Wildman–Crippen LogP) is 7.00. The van der Waals surface area contributed by atoms with E-state index in [0.717, 1.165) is 53.7 Å². The Labute approximate surface area is 228 Å². The highest BCUT2D eigenvalue weighted by Gasteiger charge is 2.34. The van der Waals surface area contributed by atoms with Gasteiger partial charge in [0, 0.05) is 41.0 Å². The van der Waals surface area contributed by atoms with Gasteiger partial charge in [0.05, 0.1) is 17.3 Å². The molecule has 192 valence electrons. The van der Waals surface area contributed by atoms with E-state index in [-0.39, 0.29) is 12.0 Å². The lowest BCUT2D eigenvalue weighted by molar-refractivity contribution is 0.275. The third-order valence-electron chi connectivity index (χ3n) is 7.68. The van der Waals surface area contributed by atoms with Gasteiger partial charge in [0.25, 0.3) is 0 Å². The molecular formula is C29H29Cl2N3O2S. The average Bonchev–Trinajstić information content (AvgIpc) is 3.66. The minimum atomic E-state index is -3.17. The molecule has 37 heavy (non-hydrogen) atoms. The third-order valence-corrected chi connectivity index (χ3v) is 9.49. The van der Waals surface area contributed by atoms with Crippen LogP contribution < -0.4 is 0 Å². The van der Waals surface area contributed by atoms with Gasteiger partial charge >= 0.3 is 0 Å². The van der Waals surface area contributed by atoms with Crippen LogP contribution in [0.1, 0.15) is 66.1 Å². The Bertz CT molecular complexity index is 1490. The van der Waals surface area contributed by atoms with E-state index in [2.05, 4.69) is 47.0 Å². The fourth-order valence-electron chi connectivity index (χ4n) is 5.64. The summed E-state index contributed by atoms with van der Waals surface area (Å²) in [6.07, 6.45) is 5.21. The number of benzene rings is 3. The molecule has 0 unspecified atom stereocenters. The molecule has 1 saturated carbocycles. The number of hydrogen-bond donors (Lipinski definition) is 0. The zero-order valence-electron chi connectivity index (χ0n) is 20.6. The Balaban J connectivity index is 1.45. The summed E-state index contributed by atoms with van der Waals surface area (Å²) in [7, 11) is -3.17. The Morgan fingerprint density at radius 2 is 1.35 bits per heavy atom. The normalized spacial score (nSPS) is 17.6. The SMILES string of the molecule is CS(=O)(=O)N1CCC(n2c(C3CC3)nc3ccc(C(c4ccc(Cl)cc4)c4ccc(Cl)cc4)cc32)CC1. The lowest BCUT2D eigenvalue weighted by Crippen LogP contribution is -2.38. The molecule has 0 bridgehead atoms. The molecule has 2 aliphatic rings. The topological polar surface area (TPSA) is 55.2 Å². The lowest BCUT2D eigenvalue weighted by Gasteiger charge is -2.32. The molecule has 1 aliphatic carbocycles. The maximum atomic E-state index is 12.1. The molecule has 1 aromatic heterocycles. The Kier molecular flexibility index (Phi) is 6.56. The van der Waals surface area contributed by atoms with Gasteiger partial charge in [0.15, 0.2) is 0 Å². The zero-order valence-corrected chi connectivity index (χ0v) is 23.0. The van der Waals surface area contributed by atoms with Crippen LogP contribution >= 0.6 is 23.2 Å². The van der Waals surface area contributed by atoms with Crippen LogP contribution in [0.5, 0.6) is 0 Å². The molecule has 0 N–H and O–H groups in total. The average molecular weight is 555 g/mol. The molecule has 4 aromatic rings. The fourth-order valence-corrected chi connectivity index (χ4v) is 6.77. The lowest BCUT2D eigenvalue weighted by atomic mass is 9.85. The quantitative estimate of drug-likeness (QED) is 0.241. The van der Waals surface area contributed by atoms with Crippen LogP contribution in [0.3, 0.4) is 0 Å². The largest absolute Gasteiger partial charge is 0.325 e. The number of rotatable bonds is 6. The van der Waals surface area contributed by atoms with Gasteiger partial charge in [-0.25, -0.2) is 17.7 Å².